The first kappa shape index (κ1) is 14.5. The molecular formula is C12H16ClN3O2. The molecule has 0 atom stereocenters. The van der Waals surface area contributed by atoms with E-state index in [1.807, 2.05) is 0 Å². The molecule has 1 aromatic carbocycles. The first-order valence-corrected chi connectivity index (χ1v) is 5.98. The van der Waals surface area contributed by atoms with Gasteiger partial charge in [-0.25, -0.2) is 0 Å². The van der Waals surface area contributed by atoms with Gasteiger partial charge in [0.1, 0.15) is 0 Å². The molecule has 0 saturated heterocycles. The molecule has 1 aromatic rings. The van der Waals surface area contributed by atoms with E-state index in [9.17, 15) is 9.59 Å². The van der Waals surface area contributed by atoms with Gasteiger partial charge < -0.3 is 16.4 Å². The van der Waals surface area contributed by atoms with Gasteiger partial charge in [0.25, 0.3) is 5.91 Å². The van der Waals surface area contributed by atoms with Crippen molar-refractivity contribution in [2.45, 2.75) is 12.8 Å². The Morgan fingerprint density at radius 3 is 2.72 bits per heavy atom. The predicted molar refractivity (Wildman–Crippen MR) is 71.8 cm³/mol. The number of rotatable bonds is 5. The van der Waals surface area contributed by atoms with Gasteiger partial charge in [-0.2, -0.15) is 0 Å². The van der Waals surface area contributed by atoms with Crippen LogP contribution in [0.25, 0.3) is 0 Å². The van der Waals surface area contributed by atoms with Crippen LogP contribution < -0.4 is 16.4 Å². The zero-order valence-corrected chi connectivity index (χ0v) is 10.9. The van der Waals surface area contributed by atoms with Gasteiger partial charge in [-0.05, 0) is 31.2 Å². The number of hydrogen-bond acceptors (Lipinski definition) is 3. The minimum absolute atomic E-state index is 0.134. The van der Waals surface area contributed by atoms with Crippen LogP contribution in [0.1, 0.15) is 23.2 Å². The highest BCUT2D eigenvalue weighted by Gasteiger charge is 2.10. The molecule has 0 saturated carbocycles. The van der Waals surface area contributed by atoms with Gasteiger partial charge in [0.2, 0.25) is 5.91 Å². The topological polar surface area (TPSA) is 84.2 Å². The molecule has 0 heterocycles. The predicted octanol–water partition coefficient (Wildman–Crippen LogP) is 1.38. The first-order chi connectivity index (χ1) is 8.58. The lowest BCUT2D eigenvalue weighted by atomic mass is 10.2. The van der Waals surface area contributed by atoms with E-state index in [1.165, 1.54) is 7.05 Å². The molecular weight excluding hydrogens is 254 g/mol. The van der Waals surface area contributed by atoms with E-state index in [-0.39, 0.29) is 11.8 Å². The zero-order chi connectivity index (χ0) is 13.5. The summed E-state index contributed by atoms with van der Waals surface area (Å²) in [4.78, 5) is 23.0. The number of nitrogens with one attached hydrogen (secondary N) is 2. The van der Waals surface area contributed by atoms with E-state index in [0.29, 0.717) is 35.7 Å². The standard InChI is InChI=1S/C12H16ClN3O2/c1-15-12(18)9-7-8(4-5-10(9)13)16-11(17)3-2-6-14/h4-5,7H,2-3,6,14H2,1H3,(H,15,18)(H,16,17). The summed E-state index contributed by atoms with van der Waals surface area (Å²) >= 11 is 5.90. The van der Waals surface area contributed by atoms with Crippen LogP contribution in [0.3, 0.4) is 0 Å². The molecule has 0 aliphatic carbocycles. The summed E-state index contributed by atoms with van der Waals surface area (Å²) in [5.74, 6) is -0.427. The van der Waals surface area contributed by atoms with Gasteiger partial charge in [-0.1, -0.05) is 11.6 Å². The van der Waals surface area contributed by atoms with Crippen LogP contribution >= 0.6 is 11.6 Å². The molecule has 0 spiro atoms. The monoisotopic (exact) mass is 269 g/mol. The fraction of sp³-hybridized carbons (Fsp3) is 0.333. The van der Waals surface area contributed by atoms with Crippen LogP contribution in [-0.4, -0.2) is 25.4 Å². The summed E-state index contributed by atoms with van der Waals surface area (Å²) in [6, 6.07) is 4.77. The van der Waals surface area contributed by atoms with Crippen molar-refractivity contribution in [1.29, 1.82) is 0 Å². The number of carbonyl (C=O) groups is 2. The summed E-state index contributed by atoms with van der Waals surface area (Å²) in [5, 5.41) is 5.52. The van der Waals surface area contributed by atoms with Gasteiger partial charge in [-0.3, -0.25) is 9.59 Å². The van der Waals surface area contributed by atoms with E-state index in [2.05, 4.69) is 10.6 Å². The second kappa shape index (κ2) is 6.98. The second-order valence-corrected chi connectivity index (χ2v) is 4.12. The molecule has 0 aliphatic heterocycles. The van der Waals surface area contributed by atoms with Crippen molar-refractivity contribution in [3.8, 4) is 0 Å². The summed E-state index contributed by atoms with van der Waals surface area (Å²) < 4.78 is 0. The SMILES string of the molecule is CNC(=O)c1cc(NC(=O)CCCN)ccc1Cl. The van der Waals surface area contributed by atoms with E-state index >= 15 is 0 Å². The minimum atomic E-state index is -0.293. The third-order valence-corrected chi connectivity index (χ3v) is 2.66. The van der Waals surface area contributed by atoms with E-state index in [1.54, 1.807) is 18.2 Å². The van der Waals surface area contributed by atoms with Crippen molar-refractivity contribution in [3.05, 3.63) is 28.8 Å². The average molecular weight is 270 g/mol. The zero-order valence-electron chi connectivity index (χ0n) is 10.1. The number of anilines is 1. The van der Waals surface area contributed by atoms with Crippen molar-refractivity contribution in [2.75, 3.05) is 18.9 Å². The number of benzene rings is 1. The molecule has 1 rings (SSSR count). The van der Waals surface area contributed by atoms with Crippen molar-refractivity contribution in [3.63, 3.8) is 0 Å². The summed E-state index contributed by atoms with van der Waals surface area (Å²) in [6.07, 6.45) is 0.982. The van der Waals surface area contributed by atoms with Crippen molar-refractivity contribution < 1.29 is 9.59 Å². The van der Waals surface area contributed by atoms with Crippen molar-refractivity contribution in [2.24, 2.45) is 5.73 Å². The molecule has 0 aromatic heterocycles. The maximum atomic E-state index is 11.5. The number of halogens is 1. The molecule has 0 bridgehead atoms. The molecule has 98 valence electrons. The molecule has 5 nitrogen and oxygen atoms in total. The Labute approximate surface area is 111 Å². The summed E-state index contributed by atoms with van der Waals surface area (Å²) in [5.41, 5.74) is 6.19. The number of carbonyl (C=O) groups excluding carboxylic acids is 2. The largest absolute Gasteiger partial charge is 0.355 e. The Morgan fingerprint density at radius 1 is 1.39 bits per heavy atom. The van der Waals surface area contributed by atoms with Crippen LogP contribution in [0.15, 0.2) is 18.2 Å². The fourth-order valence-corrected chi connectivity index (χ4v) is 1.60. The third kappa shape index (κ3) is 4.01. The summed E-state index contributed by atoms with van der Waals surface area (Å²) in [6.45, 7) is 0.470. The van der Waals surface area contributed by atoms with Crippen LogP contribution in [0, 0.1) is 0 Å². The molecule has 2 amide bonds. The van der Waals surface area contributed by atoms with Crippen molar-refractivity contribution >= 4 is 29.1 Å². The Morgan fingerprint density at radius 2 is 2.11 bits per heavy atom. The number of hydrogen-bond donors (Lipinski definition) is 3. The Hall–Kier alpha value is -1.59. The Bertz CT molecular complexity index is 449. The van der Waals surface area contributed by atoms with Crippen LogP contribution in [-0.2, 0) is 4.79 Å². The van der Waals surface area contributed by atoms with E-state index < -0.39 is 0 Å². The van der Waals surface area contributed by atoms with Gasteiger partial charge in [0.15, 0.2) is 0 Å². The molecule has 0 unspecified atom stereocenters. The fourth-order valence-electron chi connectivity index (χ4n) is 1.40. The second-order valence-electron chi connectivity index (χ2n) is 3.71. The summed E-state index contributed by atoms with van der Waals surface area (Å²) in [7, 11) is 1.52. The average Bonchev–Trinajstić information content (AvgIpc) is 2.37. The van der Waals surface area contributed by atoms with E-state index in [4.69, 9.17) is 17.3 Å². The van der Waals surface area contributed by atoms with Gasteiger partial charge in [0.05, 0.1) is 10.6 Å². The highest BCUT2D eigenvalue weighted by molar-refractivity contribution is 6.34. The quantitative estimate of drug-likeness (QED) is 0.755. The highest BCUT2D eigenvalue weighted by Crippen LogP contribution is 2.20. The highest BCUT2D eigenvalue weighted by atomic mass is 35.5. The normalized spacial score (nSPS) is 9.94. The van der Waals surface area contributed by atoms with Crippen LogP contribution in [0.4, 0.5) is 5.69 Å². The van der Waals surface area contributed by atoms with Gasteiger partial charge in [0, 0.05) is 19.2 Å². The van der Waals surface area contributed by atoms with Crippen LogP contribution in [0.2, 0.25) is 5.02 Å². The first-order valence-electron chi connectivity index (χ1n) is 5.60. The molecule has 6 heteroatoms. The Kier molecular flexibility index (Phi) is 5.61. The van der Waals surface area contributed by atoms with Crippen molar-refractivity contribution in [1.82, 2.24) is 5.32 Å². The minimum Gasteiger partial charge on any atom is -0.355 e. The Balaban J connectivity index is 2.79. The lowest BCUT2D eigenvalue weighted by Gasteiger charge is -2.08. The smallest absolute Gasteiger partial charge is 0.252 e. The van der Waals surface area contributed by atoms with Gasteiger partial charge in [-0.15, -0.1) is 0 Å². The lowest BCUT2D eigenvalue weighted by Crippen LogP contribution is -2.19. The number of nitrogens with two attached hydrogens (primary N) is 1. The third-order valence-electron chi connectivity index (χ3n) is 2.33. The van der Waals surface area contributed by atoms with E-state index in [0.717, 1.165) is 0 Å². The molecule has 18 heavy (non-hydrogen) atoms. The maximum Gasteiger partial charge on any atom is 0.252 e. The van der Waals surface area contributed by atoms with Gasteiger partial charge >= 0.3 is 0 Å². The lowest BCUT2D eigenvalue weighted by molar-refractivity contribution is -0.116. The molecule has 0 fully saturated rings. The van der Waals surface area contributed by atoms with Crippen LogP contribution in [0.5, 0.6) is 0 Å². The maximum absolute atomic E-state index is 11.5. The molecule has 0 radical (unpaired) electrons. The molecule has 4 N–H and O–H groups in total. The number of amides is 2. The molecule has 0 aliphatic rings.